The van der Waals surface area contributed by atoms with Crippen LogP contribution in [0.15, 0.2) is 23.1 Å². The first-order chi connectivity index (χ1) is 15.3. The molecule has 0 saturated heterocycles. The summed E-state index contributed by atoms with van der Waals surface area (Å²) in [5.41, 5.74) is 3.26. The summed E-state index contributed by atoms with van der Waals surface area (Å²) in [6.07, 6.45) is 4.72. The van der Waals surface area contributed by atoms with Crippen molar-refractivity contribution in [2.24, 2.45) is 23.0 Å². The van der Waals surface area contributed by atoms with E-state index in [-0.39, 0.29) is 16.6 Å². The molecule has 4 aliphatic rings. The number of benzene rings is 1. The molecule has 4 N–H and O–H groups in total. The number of sulfonamides is 1. The maximum atomic E-state index is 13.4. The standard InChI is InChI=1S/C23H33N3O6S/c1-21(2,26-33(29,30)18-6-5-16(31-3)8-17(18)32-4)20(28)25-23-11-14-7-15(12-23)10-22(9-14,13-23)19(24)27/h5-6,8,14-15,26H,7,9-13H2,1-4H3,(H2,24,27)(H,25,28). The molecule has 0 aliphatic heterocycles. The number of carbonyl (C=O) groups excluding carboxylic acids is 2. The average molecular weight is 480 g/mol. The molecular formula is C23H33N3O6S. The van der Waals surface area contributed by atoms with Gasteiger partial charge < -0.3 is 20.5 Å². The SMILES string of the molecule is COc1ccc(S(=O)(=O)NC(C)(C)C(=O)NC23CC4CC(C2)CC(C(N)=O)(C4)C3)c(OC)c1. The molecule has 1 aromatic rings. The topological polar surface area (TPSA) is 137 Å². The van der Waals surface area contributed by atoms with E-state index >= 15 is 0 Å². The summed E-state index contributed by atoms with van der Waals surface area (Å²) in [5.74, 6) is 0.544. The minimum absolute atomic E-state index is 0.0887. The van der Waals surface area contributed by atoms with Crippen LogP contribution in [0, 0.1) is 17.3 Å². The monoisotopic (exact) mass is 479 g/mol. The molecular weight excluding hydrogens is 446 g/mol. The molecule has 1 aromatic carbocycles. The molecule has 5 rings (SSSR count). The first-order valence-corrected chi connectivity index (χ1v) is 12.7. The van der Waals surface area contributed by atoms with Crippen LogP contribution in [0.4, 0.5) is 0 Å². The van der Waals surface area contributed by atoms with Crippen molar-refractivity contribution in [2.45, 2.75) is 68.3 Å². The molecule has 0 spiro atoms. The minimum Gasteiger partial charge on any atom is -0.497 e. The molecule has 4 fully saturated rings. The van der Waals surface area contributed by atoms with Gasteiger partial charge >= 0.3 is 0 Å². The molecule has 182 valence electrons. The van der Waals surface area contributed by atoms with Crippen molar-refractivity contribution in [3.8, 4) is 11.5 Å². The fourth-order valence-corrected chi connectivity index (χ4v) is 8.06. The van der Waals surface area contributed by atoms with E-state index in [0.717, 1.165) is 32.1 Å². The van der Waals surface area contributed by atoms with Gasteiger partial charge in [-0.15, -0.1) is 0 Å². The molecule has 2 atom stereocenters. The summed E-state index contributed by atoms with van der Waals surface area (Å²) >= 11 is 0. The van der Waals surface area contributed by atoms with Crippen LogP contribution in [0.1, 0.15) is 52.4 Å². The van der Waals surface area contributed by atoms with Crippen molar-refractivity contribution in [1.82, 2.24) is 10.0 Å². The number of rotatable bonds is 8. The number of hydrogen-bond donors (Lipinski definition) is 3. The Kier molecular flexibility index (Phi) is 5.68. The van der Waals surface area contributed by atoms with Gasteiger partial charge in [0.25, 0.3) is 0 Å². The third-order valence-electron chi connectivity index (χ3n) is 7.58. The Hall–Kier alpha value is -2.33. The summed E-state index contributed by atoms with van der Waals surface area (Å²) in [6, 6.07) is 4.37. The van der Waals surface area contributed by atoms with Gasteiger partial charge in [0.2, 0.25) is 21.8 Å². The fraction of sp³-hybridized carbons (Fsp3) is 0.652. The Morgan fingerprint density at radius 3 is 2.27 bits per heavy atom. The Balaban J connectivity index is 1.55. The summed E-state index contributed by atoms with van der Waals surface area (Å²) in [7, 11) is -1.25. The number of methoxy groups -OCH3 is 2. The van der Waals surface area contributed by atoms with Gasteiger partial charge in [0.1, 0.15) is 21.9 Å². The van der Waals surface area contributed by atoms with E-state index in [4.69, 9.17) is 15.2 Å². The highest BCUT2D eigenvalue weighted by atomic mass is 32.2. The lowest BCUT2D eigenvalue weighted by atomic mass is 9.46. The summed E-state index contributed by atoms with van der Waals surface area (Å²) < 4.78 is 39.2. The van der Waals surface area contributed by atoms with Gasteiger partial charge in [-0.05, 0) is 76.3 Å². The lowest BCUT2D eigenvalue weighted by molar-refractivity contribution is -0.151. The summed E-state index contributed by atoms with van der Waals surface area (Å²) in [5, 5.41) is 3.14. The van der Waals surface area contributed by atoms with Crippen LogP contribution in [0.2, 0.25) is 0 Å². The second-order valence-electron chi connectivity index (χ2n) is 10.6. The largest absolute Gasteiger partial charge is 0.497 e. The third kappa shape index (κ3) is 4.19. The Morgan fingerprint density at radius 1 is 1.09 bits per heavy atom. The van der Waals surface area contributed by atoms with Gasteiger partial charge in [-0.25, -0.2) is 8.42 Å². The van der Waals surface area contributed by atoms with E-state index in [0.29, 0.717) is 24.0 Å². The van der Waals surface area contributed by atoms with E-state index in [1.54, 1.807) is 0 Å². The molecule has 2 unspecified atom stereocenters. The van der Waals surface area contributed by atoms with Crippen LogP contribution in [-0.4, -0.2) is 45.5 Å². The highest BCUT2D eigenvalue weighted by Crippen LogP contribution is 2.61. The molecule has 9 nitrogen and oxygen atoms in total. The zero-order chi connectivity index (χ0) is 24.2. The molecule has 4 bridgehead atoms. The Labute approximate surface area is 194 Å². The predicted molar refractivity (Wildman–Crippen MR) is 121 cm³/mol. The van der Waals surface area contributed by atoms with Gasteiger partial charge in [-0.1, -0.05) is 0 Å². The molecule has 0 radical (unpaired) electrons. The van der Waals surface area contributed by atoms with Crippen molar-refractivity contribution >= 4 is 21.8 Å². The zero-order valence-electron chi connectivity index (χ0n) is 19.6. The highest BCUT2D eigenvalue weighted by Gasteiger charge is 2.61. The summed E-state index contributed by atoms with van der Waals surface area (Å²) in [4.78, 5) is 25.6. The van der Waals surface area contributed by atoms with E-state index < -0.39 is 32.4 Å². The van der Waals surface area contributed by atoms with E-state index in [1.165, 1.54) is 46.3 Å². The van der Waals surface area contributed by atoms with Gasteiger partial charge in [0.15, 0.2) is 0 Å². The molecule has 10 heteroatoms. The number of nitrogens with one attached hydrogen (secondary N) is 2. The normalized spacial score (nSPS) is 30.7. The highest BCUT2D eigenvalue weighted by molar-refractivity contribution is 7.89. The van der Waals surface area contributed by atoms with Crippen molar-refractivity contribution in [1.29, 1.82) is 0 Å². The van der Waals surface area contributed by atoms with Gasteiger partial charge in [0, 0.05) is 11.6 Å². The first-order valence-electron chi connectivity index (χ1n) is 11.2. The van der Waals surface area contributed by atoms with Crippen molar-refractivity contribution in [3.63, 3.8) is 0 Å². The van der Waals surface area contributed by atoms with Crippen LogP contribution in [0.5, 0.6) is 11.5 Å². The van der Waals surface area contributed by atoms with Crippen LogP contribution >= 0.6 is 0 Å². The number of carbonyl (C=O) groups is 2. The van der Waals surface area contributed by atoms with Gasteiger partial charge in [-0.2, -0.15) is 4.72 Å². The van der Waals surface area contributed by atoms with Crippen LogP contribution < -0.4 is 25.2 Å². The Morgan fingerprint density at radius 2 is 1.73 bits per heavy atom. The molecule has 2 amide bonds. The molecule has 33 heavy (non-hydrogen) atoms. The van der Waals surface area contributed by atoms with Crippen molar-refractivity contribution < 1.29 is 27.5 Å². The Bertz CT molecular complexity index is 1070. The van der Waals surface area contributed by atoms with E-state index in [9.17, 15) is 18.0 Å². The first kappa shape index (κ1) is 23.8. The fourth-order valence-electron chi connectivity index (χ4n) is 6.53. The van der Waals surface area contributed by atoms with Crippen molar-refractivity contribution in [2.75, 3.05) is 14.2 Å². The maximum absolute atomic E-state index is 13.4. The van der Waals surface area contributed by atoms with Crippen molar-refractivity contribution in [3.05, 3.63) is 18.2 Å². The van der Waals surface area contributed by atoms with Gasteiger partial charge in [0.05, 0.1) is 19.6 Å². The second kappa shape index (κ2) is 7.87. The quantitative estimate of drug-likeness (QED) is 0.519. The third-order valence-corrected chi connectivity index (χ3v) is 9.28. The molecule has 0 aromatic heterocycles. The maximum Gasteiger partial charge on any atom is 0.245 e. The number of ether oxygens (including phenoxy) is 2. The summed E-state index contributed by atoms with van der Waals surface area (Å²) in [6.45, 7) is 3.06. The van der Waals surface area contributed by atoms with Crippen LogP contribution in [0.25, 0.3) is 0 Å². The minimum atomic E-state index is -4.09. The zero-order valence-corrected chi connectivity index (χ0v) is 20.4. The number of hydrogen-bond acceptors (Lipinski definition) is 6. The van der Waals surface area contributed by atoms with E-state index in [1.807, 2.05) is 0 Å². The second-order valence-corrected chi connectivity index (χ2v) is 12.2. The number of amides is 2. The average Bonchev–Trinajstić information content (AvgIpc) is 2.71. The lowest BCUT2D eigenvalue weighted by Crippen LogP contribution is -2.68. The number of nitrogens with two attached hydrogens (primary N) is 1. The number of primary amides is 1. The predicted octanol–water partition coefficient (Wildman–Crippen LogP) is 1.70. The molecule has 4 aliphatic carbocycles. The van der Waals surface area contributed by atoms with Crippen LogP contribution in [0.3, 0.4) is 0 Å². The molecule has 0 heterocycles. The van der Waals surface area contributed by atoms with E-state index in [2.05, 4.69) is 10.0 Å². The van der Waals surface area contributed by atoms with Gasteiger partial charge in [-0.3, -0.25) is 9.59 Å². The smallest absolute Gasteiger partial charge is 0.245 e. The lowest BCUT2D eigenvalue weighted by Gasteiger charge is -2.61. The van der Waals surface area contributed by atoms with Crippen LogP contribution in [-0.2, 0) is 19.6 Å². The molecule has 4 saturated carbocycles.